The maximum Gasteiger partial charge on any atom is 0.243 e. The van der Waals surface area contributed by atoms with Crippen molar-refractivity contribution >= 4 is 27.3 Å². The Morgan fingerprint density at radius 3 is 2.12 bits per heavy atom. The SMILES string of the molecule is O=C(CNc1cccc(C(=O)c2ccccc2)c1)c1ccc(S(=O)(=O)N2CCCC2)cc1. The number of carbonyl (C=O) groups is 2. The Hall–Kier alpha value is -3.29. The summed E-state index contributed by atoms with van der Waals surface area (Å²) >= 11 is 0. The van der Waals surface area contributed by atoms with E-state index < -0.39 is 10.0 Å². The lowest BCUT2D eigenvalue weighted by molar-refractivity contribution is 0.100. The van der Waals surface area contributed by atoms with Crippen LogP contribution in [-0.4, -0.2) is 43.9 Å². The maximum atomic E-state index is 12.6. The van der Waals surface area contributed by atoms with E-state index in [9.17, 15) is 18.0 Å². The van der Waals surface area contributed by atoms with Crippen LogP contribution < -0.4 is 5.32 Å². The van der Waals surface area contributed by atoms with Crippen LogP contribution in [0.2, 0.25) is 0 Å². The molecule has 0 aromatic heterocycles. The van der Waals surface area contributed by atoms with E-state index in [2.05, 4.69) is 5.32 Å². The zero-order valence-corrected chi connectivity index (χ0v) is 18.3. The standard InChI is InChI=1S/C25H24N2O4S/c28-24(19-11-13-23(14-12-19)32(30,31)27-15-4-5-16-27)18-26-22-10-6-9-21(17-22)25(29)20-7-2-1-3-8-20/h1-3,6-14,17,26H,4-5,15-16,18H2. The number of anilines is 1. The Morgan fingerprint density at radius 1 is 0.781 bits per heavy atom. The minimum Gasteiger partial charge on any atom is -0.378 e. The van der Waals surface area contributed by atoms with Gasteiger partial charge >= 0.3 is 0 Å². The highest BCUT2D eigenvalue weighted by Crippen LogP contribution is 2.21. The van der Waals surface area contributed by atoms with Gasteiger partial charge in [-0.25, -0.2) is 8.42 Å². The van der Waals surface area contributed by atoms with E-state index in [1.54, 1.807) is 48.5 Å². The average Bonchev–Trinajstić information content (AvgIpc) is 3.39. The Bertz CT molecular complexity index is 1220. The van der Waals surface area contributed by atoms with Crippen molar-refractivity contribution in [1.82, 2.24) is 4.31 Å². The first kappa shape index (κ1) is 21.9. The van der Waals surface area contributed by atoms with Crippen molar-refractivity contribution in [1.29, 1.82) is 0 Å². The second-order valence-electron chi connectivity index (χ2n) is 7.69. The number of ketones is 2. The molecule has 1 N–H and O–H groups in total. The van der Waals surface area contributed by atoms with E-state index in [1.807, 2.05) is 18.2 Å². The molecule has 3 aromatic rings. The fourth-order valence-corrected chi connectivity index (χ4v) is 5.22. The molecule has 3 aromatic carbocycles. The molecule has 1 aliphatic heterocycles. The number of carbonyl (C=O) groups excluding carboxylic acids is 2. The third-order valence-electron chi connectivity index (χ3n) is 5.49. The lowest BCUT2D eigenvalue weighted by Crippen LogP contribution is -2.27. The molecule has 0 saturated carbocycles. The molecule has 0 atom stereocenters. The van der Waals surface area contributed by atoms with E-state index in [0.29, 0.717) is 35.5 Å². The zero-order chi connectivity index (χ0) is 22.6. The Balaban J connectivity index is 1.40. The maximum absolute atomic E-state index is 12.6. The van der Waals surface area contributed by atoms with Gasteiger partial charge in [0.15, 0.2) is 11.6 Å². The van der Waals surface area contributed by atoms with Crippen LogP contribution in [0.3, 0.4) is 0 Å². The number of rotatable bonds is 8. The Morgan fingerprint density at radius 2 is 1.44 bits per heavy atom. The lowest BCUT2D eigenvalue weighted by atomic mass is 10.0. The highest BCUT2D eigenvalue weighted by Gasteiger charge is 2.27. The first-order valence-electron chi connectivity index (χ1n) is 10.5. The van der Waals surface area contributed by atoms with Crippen molar-refractivity contribution in [3.05, 3.63) is 95.6 Å². The summed E-state index contributed by atoms with van der Waals surface area (Å²) in [7, 11) is -3.50. The van der Waals surface area contributed by atoms with Gasteiger partial charge in [0.2, 0.25) is 10.0 Å². The predicted octanol–water partition coefficient (Wildman–Crippen LogP) is 4.00. The summed E-state index contributed by atoms with van der Waals surface area (Å²) in [4.78, 5) is 25.4. The number of hydrogen-bond donors (Lipinski definition) is 1. The molecule has 164 valence electrons. The van der Waals surface area contributed by atoms with Crippen LogP contribution in [0.5, 0.6) is 0 Å². The molecule has 0 bridgehead atoms. The van der Waals surface area contributed by atoms with Gasteiger partial charge < -0.3 is 5.32 Å². The van der Waals surface area contributed by atoms with Crippen LogP contribution in [0, 0.1) is 0 Å². The van der Waals surface area contributed by atoms with Crippen molar-refractivity contribution in [2.45, 2.75) is 17.7 Å². The van der Waals surface area contributed by atoms with Crippen molar-refractivity contribution < 1.29 is 18.0 Å². The number of Topliss-reactive ketones (excluding diaryl/α,β-unsaturated/α-hetero) is 1. The number of sulfonamides is 1. The molecule has 0 unspecified atom stereocenters. The highest BCUT2D eigenvalue weighted by atomic mass is 32.2. The van der Waals surface area contributed by atoms with Crippen molar-refractivity contribution in [2.75, 3.05) is 25.0 Å². The van der Waals surface area contributed by atoms with E-state index in [4.69, 9.17) is 0 Å². The summed E-state index contributed by atoms with van der Waals surface area (Å²) in [5.74, 6) is -0.259. The summed E-state index contributed by atoms with van der Waals surface area (Å²) in [6, 6.07) is 22.1. The summed E-state index contributed by atoms with van der Waals surface area (Å²) in [6.45, 7) is 1.11. The quantitative estimate of drug-likeness (QED) is 0.527. The van der Waals surface area contributed by atoms with Gasteiger partial charge in [-0.15, -0.1) is 0 Å². The predicted molar refractivity (Wildman–Crippen MR) is 124 cm³/mol. The lowest BCUT2D eigenvalue weighted by Gasteiger charge is -2.15. The van der Waals surface area contributed by atoms with Crippen LogP contribution in [0.4, 0.5) is 5.69 Å². The zero-order valence-electron chi connectivity index (χ0n) is 17.5. The smallest absolute Gasteiger partial charge is 0.243 e. The van der Waals surface area contributed by atoms with Crippen LogP contribution in [0.1, 0.15) is 39.1 Å². The molecule has 0 amide bonds. The number of hydrogen-bond acceptors (Lipinski definition) is 5. The van der Waals surface area contributed by atoms with E-state index in [0.717, 1.165) is 12.8 Å². The summed E-state index contributed by atoms with van der Waals surface area (Å²) in [5.41, 5.74) is 2.22. The molecule has 1 heterocycles. The second kappa shape index (κ2) is 9.46. The molecule has 4 rings (SSSR count). The summed E-state index contributed by atoms with van der Waals surface area (Å²) < 4.78 is 26.7. The van der Waals surface area contributed by atoms with Gasteiger partial charge in [0.25, 0.3) is 0 Å². The minimum atomic E-state index is -3.50. The average molecular weight is 449 g/mol. The van der Waals surface area contributed by atoms with Gasteiger partial charge in [0.1, 0.15) is 0 Å². The molecule has 0 radical (unpaired) electrons. The monoisotopic (exact) mass is 448 g/mol. The number of benzene rings is 3. The van der Waals surface area contributed by atoms with Crippen molar-refractivity contribution in [3.8, 4) is 0 Å². The molecule has 32 heavy (non-hydrogen) atoms. The molecule has 0 aliphatic carbocycles. The molecule has 1 aliphatic rings. The van der Waals surface area contributed by atoms with Gasteiger partial charge in [-0.05, 0) is 49.2 Å². The van der Waals surface area contributed by atoms with Crippen molar-refractivity contribution in [3.63, 3.8) is 0 Å². The third-order valence-corrected chi connectivity index (χ3v) is 7.41. The molecule has 0 spiro atoms. The van der Waals surface area contributed by atoms with Gasteiger partial charge in [0, 0.05) is 35.5 Å². The van der Waals surface area contributed by atoms with E-state index in [1.165, 1.54) is 16.4 Å². The number of nitrogens with zero attached hydrogens (tertiary/aromatic N) is 1. The second-order valence-corrected chi connectivity index (χ2v) is 9.63. The van der Waals surface area contributed by atoms with Gasteiger partial charge in [-0.3, -0.25) is 9.59 Å². The third kappa shape index (κ3) is 4.79. The highest BCUT2D eigenvalue weighted by molar-refractivity contribution is 7.89. The largest absolute Gasteiger partial charge is 0.378 e. The van der Waals surface area contributed by atoms with Crippen LogP contribution in [0.25, 0.3) is 0 Å². The Kier molecular flexibility index (Phi) is 6.48. The minimum absolute atomic E-state index is 0.0290. The normalized spacial score (nSPS) is 14.2. The molecule has 7 heteroatoms. The van der Waals surface area contributed by atoms with Crippen LogP contribution >= 0.6 is 0 Å². The fraction of sp³-hybridized carbons (Fsp3) is 0.200. The van der Waals surface area contributed by atoms with E-state index >= 15 is 0 Å². The first-order chi connectivity index (χ1) is 15.4. The molecule has 1 fully saturated rings. The van der Waals surface area contributed by atoms with Gasteiger partial charge in [-0.1, -0.05) is 42.5 Å². The molecular weight excluding hydrogens is 424 g/mol. The fourth-order valence-electron chi connectivity index (χ4n) is 3.70. The van der Waals surface area contributed by atoms with Gasteiger partial charge in [0.05, 0.1) is 11.4 Å². The first-order valence-corrected chi connectivity index (χ1v) is 12.0. The Labute approximate surface area is 187 Å². The topological polar surface area (TPSA) is 83.5 Å². The molecule has 1 saturated heterocycles. The number of nitrogens with one attached hydrogen (secondary N) is 1. The van der Waals surface area contributed by atoms with E-state index in [-0.39, 0.29) is 23.0 Å². The summed E-state index contributed by atoms with van der Waals surface area (Å²) in [5, 5.41) is 3.05. The van der Waals surface area contributed by atoms with Crippen LogP contribution in [-0.2, 0) is 10.0 Å². The van der Waals surface area contributed by atoms with Crippen LogP contribution in [0.15, 0.2) is 83.8 Å². The van der Waals surface area contributed by atoms with Gasteiger partial charge in [-0.2, -0.15) is 4.31 Å². The molecule has 6 nitrogen and oxygen atoms in total. The summed E-state index contributed by atoms with van der Waals surface area (Å²) in [6.07, 6.45) is 1.75. The molecular formula is C25H24N2O4S. The van der Waals surface area contributed by atoms with Crippen molar-refractivity contribution in [2.24, 2.45) is 0 Å².